The predicted octanol–water partition coefficient (Wildman–Crippen LogP) is 10.2. The number of rotatable bonds is 6. The zero-order valence-electron chi connectivity index (χ0n) is 31.9. The monoisotopic (exact) mass is 730 g/mol. The van der Waals surface area contributed by atoms with E-state index in [9.17, 15) is 0 Å². The second-order valence-corrected chi connectivity index (χ2v) is 16.0. The van der Waals surface area contributed by atoms with Crippen LogP contribution in [0.3, 0.4) is 0 Å². The minimum Gasteiger partial charge on any atom is -0.0680 e. The van der Waals surface area contributed by atoms with Crippen LogP contribution >= 0.6 is 0 Å². The summed E-state index contributed by atoms with van der Waals surface area (Å²) in [6, 6.07) is 82.1. The van der Waals surface area contributed by atoms with Crippen molar-refractivity contribution >= 4 is 122 Å². The van der Waals surface area contributed by atoms with Crippen molar-refractivity contribution in [3.8, 4) is 0 Å². The molecular formula is C56H36B2. The van der Waals surface area contributed by atoms with Crippen LogP contribution < -0.4 is 32.8 Å². The molecule has 12 aromatic rings. The summed E-state index contributed by atoms with van der Waals surface area (Å²) in [5, 5.41) is 18.0. The molecule has 0 unspecified atom stereocenters. The third kappa shape index (κ3) is 5.33. The number of hydrogen-bond donors (Lipinski definition) is 0. The molecule has 0 aliphatic heterocycles. The molecule has 0 aliphatic carbocycles. The van der Waals surface area contributed by atoms with Crippen LogP contribution in [0, 0.1) is 0 Å². The molecule has 2 heteroatoms. The normalized spacial score (nSPS) is 11.8. The van der Waals surface area contributed by atoms with E-state index < -0.39 is 0 Å². The van der Waals surface area contributed by atoms with Crippen LogP contribution in [-0.2, 0) is 0 Å². The molecule has 0 atom stereocenters. The van der Waals surface area contributed by atoms with Crippen molar-refractivity contribution in [2.75, 3.05) is 0 Å². The summed E-state index contributed by atoms with van der Waals surface area (Å²) in [5.74, 6) is 0. The van der Waals surface area contributed by atoms with Crippen molar-refractivity contribution in [3.63, 3.8) is 0 Å². The van der Waals surface area contributed by atoms with Crippen molar-refractivity contribution in [1.82, 2.24) is 0 Å². The molecule has 0 radical (unpaired) electrons. The van der Waals surface area contributed by atoms with Crippen molar-refractivity contribution in [2.24, 2.45) is 0 Å². The van der Waals surface area contributed by atoms with E-state index in [2.05, 4.69) is 218 Å². The van der Waals surface area contributed by atoms with Gasteiger partial charge >= 0.3 is 0 Å². The molecule has 0 nitrogen and oxygen atoms in total. The minimum absolute atomic E-state index is 0.0428. The summed E-state index contributed by atoms with van der Waals surface area (Å²) in [6.45, 7) is 0.0856. The van der Waals surface area contributed by atoms with Crippen LogP contribution in [0.1, 0.15) is 0 Å². The van der Waals surface area contributed by atoms with Gasteiger partial charge < -0.3 is 0 Å². The Morgan fingerprint density at radius 2 is 0.466 bits per heavy atom. The Kier molecular flexibility index (Phi) is 7.53. The molecule has 58 heavy (non-hydrogen) atoms. The largest absolute Gasteiger partial charge is 0.242 e. The summed E-state index contributed by atoms with van der Waals surface area (Å²) in [6.07, 6.45) is 0. The molecule has 0 fully saturated rings. The van der Waals surface area contributed by atoms with Crippen LogP contribution in [0.15, 0.2) is 218 Å². The molecule has 0 spiro atoms. The first-order chi connectivity index (χ1) is 28.7. The summed E-state index contributed by atoms with van der Waals surface area (Å²) < 4.78 is 0. The number of benzene rings is 12. The smallest absolute Gasteiger partial charge is 0.0680 e. The molecular weight excluding hydrogens is 694 g/mol. The van der Waals surface area contributed by atoms with Crippen LogP contribution in [0.25, 0.3) is 75.4 Å². The summed E-state index contributed by atoms with van der Waals surface area (Å²) in [4.78, 5) is 0. The zero-order valence-corrected chi connectivity index (χ0v) is 31.9. The molecule has 266 valence electrons. The van der Waals surface area contributed by atoms with Crippen LogP contribution in [0.2, 0.25) is 0 Å². The molecule has 0 saturated heterocycles. The van der Waals surface area contributed by atoms with Gasteiger partial charge in [0, 0.05) is 0 Å². The van der Waals surface area contributed by atoms with E-state index in [1.54, 1.807) is 0 Å². The molecule has 0 amide bonds. The second kappa shape index (κ2) is 13.2. The van der Waals surface area contributed by atoms with Gasteiger partial charge in [-0.15, -0.1) is 0 Å². The van der Waals surface area contributed by atoms with Gasteiger partial charge in [0.15, 0.2) is 0 Å². The van der Waals surface area contributed by atoms with E-state index in [4.69, 9.17) is 0 Å². The van der Waals surface area contributed by atoms with Crippen LogP contribution in [0.5, 0.6) is 0 Å². The van der Waals surface area contributed by atoms with Crippen molar-refractivity contribution in [3.05, 3.63) is 218 Å². The fourth-order valence-electron chi connectivity index (χ4n) is 10.0. The lowest BCUT2D eigenvalue weighted by Gasteiger charge is -2.23. The van der Waals surface area contributed by atoms with E-state index in [0.29, 0.717) is 0 Å². The van der Waals surface area contributed by atoms with Gasteiger partial charge in [-0.05, 0) is 75.4 Å². The summed E-state index contributed by atoms with van der Waals surface area (Å²) >= 11 is 0. The van der Waals surface area contributed by atoms with E-state index in [-0.39, 0.29) is 13.4 Å². The average Bonchev–Trinajstić information content (AvgIpc) is 3.29. The lowest BCUT2D eigenvalue weighted by molar-refractivity contribution is 1.75. The van der Waals surface area contributed by atoms with E-state index in [0.717, 1.165) is 0 Å². The van der Waals surface area contributed by atoms with Gasteiger partial charge in [0.1, 0.15) is 0 Å². The Hall–Kier alpha value is -7.15. The SMILES string of the molecule is c1ccc2cc(B(c3ccc4ccccc4c3)c3ccc4ccc5ccc(B(c6ccc7ccccc7c6)c6ccc7ccccc7c6)c6ccc3c4c56)ccc2c1. The first kappa shape index (κ1) is 33.0. The van der Waals surface area contributed by atoms with Crippen molar-refractivity contribution in [2.45, 2.75) is 0 Å². The highest BCUT2D eigenvalue weighted by atomic mass is 14.2. The standard InChI is InChI=1S/C56H36B2/c1-5-13-43-33-47(25-19-37(43)9-1)57(48-26-20-38-10-2-6-14-44(38)34-48)53-31-23-41-17-18-42-24-32-54(52-30-29-51(53)55(41)56(42)52)58(49-27-21-39-11-3-7-15-45(39)35-49)50-28-22-40-12-4-8-16-46(40)36-50/h1-36H. The molecule has 12 rings (SSSR count). The van der Waals surface area contributed by atoms with E-state index >= 15 is 0 Å². The summed E-state index contributed by atoms with van der Waals surface area (Å²) in [5.41, 5.74) is 7.88. The molecule has 0 heterocycles. The first-order valence-corrected chi connectivity index (χ1v) is 20.4. The van der Waals surface area contributed by atoms with Gasteiger partial charge in [-0.1, -0.05) is 251 Å². The highest BCUT2D eigenvalue weighted by Gasteiger charge is 2.28. The Morgan fingerprint density at radius 1 is 0.207 bits per heavy atom. The van der Waals surface area contributed by atoms with Gasteiger partial charge in [-0.2, -0.15) is 0 Å². The molecule has 0 bridgehead atoms. The van der Waals surface area contributed by atoms with Gasteiger partial charge in [0.25, 0.3) is 0 Å². The first-order valence-electron chi connectivity index (χ1n) is 20.4. The third-order valence-electron chi connectivity index (χ3n) is 12.8. The minimum atomic E-state index is 0.0428. The lowest BCUT2D eigenvalue weighted by Crippen LogP contribution is -2.52. The third-order valence-corrected chi connectivity index (χ3v) is 12.8. The van der Waals surface area contributed by atoms with Gasteiger partial charge in [-0.3, -0.25) is 0 Å². The Labute approximate surface area is 338 Å². The fraction of sp³-hybridized carbons (Fsp3) is 0. The summed E-state index contributed by atoms with van der Waals surface area (Å²) in [7, 11) is 0. The van der Waals surface area contributed by atoms with Crippen molar-refractivity contribution < 1.29 is 0 Å². The predicted molar refractivity (Wildman–Crippen MR) is 255 cm³/mol. The zero-order chi connectivity index (χ0) is 38.2. The Morgan fingerprint density at radius 3 is 0.776 bits per heavy atom. The maximum atomic E-state index is 2.43. The maximum absolute atomic E-state index is 2.43. The Bertz CT molecular complexity index is 3150. The van der Waals surface area contributed by atoms with Crippen LogP contribution in [0.4, 0.5) is 0 Å². The molecule has 0 N–H and O–H groups in total. The number of fused-ring (bicyclic) bond motifs is 4. The average molecular weight is 731 g/mol. The second-order valence-electron chi connectivity index (χ2n) is 16.0. The van der Waals surface area contributed by atoms with Crippen LogP contribution in [-0.4, -0.2) is 13.4 Å². The molecule has 0 aliphatic rings. The van der Waals surface area contributed by atoms with Crippen molar-refractivity contribution in [1.29, 1.82) is 0 Å². The van der Waals surface area contributed by atoms with Gasteiger partial charge in [0.05, 0.1) is 0 Å². The fourth-order valence-corrected chi connectivity index (χ4v) is 10.0. The number of hydrogen-bond acceptors (Lipinski definition) is 0. The maximum Gasteiger partial charge on any atom is 0.242 e. The topological polar surface area (TPSA) is 0 Å². The Balaban J connectivity index is 1.12. The highest BCUT2D eigenvalue weighted by Crippen LogP contribution is 2.34. The molecule has 12 aromatic carbocycles. The quantitative estimate of drug-likeness (QED) is 0.118. The molecule has 0 saturated carbocycles. The van der Waals surface area contributed by atoms with Gasteiger partial charge in [0.2, 0.25) is 13.4 Å². The highest BCUT2D eigenvalue weighted by molar-refractivity contribution is 6.98. The molecule has 0 aromatic heterocycles. The lowest BCUT2D eigenvalue weighted by atomic mass is 9.35. The van der Waals surface area contributed by atoms with E-state index in [1.165, 1.54) is 108 Å². The van der Waals surface area contributed by atoms with E-state index in [1.807, 2.05) is 0 Å². The van der Waals surface area contributed by atoms with Gasteiger partial charge in [-0.25, -0.2) is 0 Å².